The monoisotopic (exact) mass is 279 g/mol. The molecule has 0 saturated heterocycles. The Labute approximate surface area is 124 Å². The van der Waals surface area contributed by atoms with Crippen LogP contribution in [0.2, 0.25) is 0 Å². The van der Waals surface area contributed by atoms with E-state index in [9.17, 15) is 4.79 Å². The van der Waals surface area contributed by atoms with Gasteiger partial charge in [0.15, 0.2) is 0 Å². The first-order chi connectivity index (χ1) is 10.3. The van der Waals surface area contributed by atoms with Gasteiger partial charge in [0.05, 0.1) is 11.4 Å². The molecule has 0 aliphatic rings. The van der Waals surface area contributed by atoms with Crippen LogP contribution >= 0.6 is 0 Å². The molecule has 0 atom stereocenters. The molecule has 2 amide bonds. The summed E-state index contributed by atoms with van der Waals surface area (Å²) in [6.07, 6.45) is 3.15. The molecular weight excluding hydrogens is 262 g/mol. The molecule has 2 aromatic carbocycles. The number of aliphatic imine (C=N–C) groups is 1. The first-order valence-corrected chi connectivity index (χ1v) is 6.63. The number of urea groups is 1. The summed E-state index contributed by atoms with van der Waals surface area (Å²) in [6, 6.07) is 18.6. The summed E-state index contributed by atoms with van der Waals surface area (Å²) >= 11 is 0. The third-order valence-electron chi connectivity index (χ3n) is 2.73. The fourth-order valence-electron chi connectivity index (χ4n) is 1.71. The van der Waals surface area contributed by atoms with Crippen molar-refractivity contribution in [1.29, 1.82) is 0 Å². The molecule has 21 heavy (non-hydrogen) atoms. The van der Waals surface area contributed by atoms with Crippen molar-refractivity contribution >= 4 is 23.7 Å². The van der Waals surface area contributed by atoms with Gasteiger partial charge in [0.2, 0.25) is 0 Å². The molecule has 0 unspecified atom stereocenters. The Morgan fingerprint density at radius 2 is 1.71 bits per heavy atom. The number of para-hydroxylation sites is 2. The molecule has 2 aromatic rings. The molecule has 0 radical (unpaired) electrons. The molecule has 0 fully saturated rings. The molecule has 106 valence electrons. The van der Waals surface area contributed by atoms with E-state index in [0.29, 0.717) is 6.54 Å². The Balaban J connectivity index is 2.22. The number of anilines is 1. The van der Waals surface area contributed by atoms with Gasteiger partial charge in [0.25, 0.3) is 0 Å². The van der Waals surface area contributed by atoms with Crippen molar-refractivity contribution < 1.29 is 4.79 Å². The third-order valence-corrected chi connectivity index (χ3v) is 2.73. The van der Waals surface area contributed by atoms with Crippen LogP contribution in [0.5, 0.6) is 0 Å². The van der Waals surface area contributed by atoms with E-state index in [0.717, 1.165) is 11.4 Å². The van der Waals surface area contributed by atoms with Gasteiger partial charge in [0.1, 0.15) is 6.34 Å². The number of carbonyl (C=O) groups is 1. The molecule has 1 N–H and O–H groups in total. The van der Waals surface area contributed by atoms with E-state index < -0.39 is 0 Å². The van der Waals surface area contributed by atoms with Crippen molar-refractivity contribution in [2.24, 2.45) is 4.99 Å². The minimum atomic E-state index is -0.249. The minimum Gasteiger partial charge on any atom is -0.334 e. The van der Waals surface area contributed by atoms with E-state index in [1.54, 1.807) is 6.08 Å². The standard InChI is InChI=1S/C17H17N3O/c1-2-13-18-17(21)20(16-11-7-4-8-12-16)14-19-15-9-5-3-6-10-15/h2-12,14H,1,13H2,(H,18,21). The number of amides is 2. The van der Waals surface area contributed by atoms with Gasteiger partial charge in [-0.3, -0.25) is 4.90 Å². The van der Waals surface area contributed by atoms with Gasteiger partial charge >= 0.3 is 6.03 Å². The Hall–Kier alpha value is -2.88. The highest BCUT2D eigenvalue weighted by molar-refractivity contribution is 6.07. The first-order valence-electron chi connectivity index (χ1n) is 6.63. The average molecular weight is 279 g/mol. The molecule has 2 rings (SSSR count). The van der Waals surface area contributed by atoms with Crippen molar-refractivity contribution in [3.05, 3.63) is 73.3 Å². The van der Waals surface area contributed by atoms with Crippen molar-refractivity contribution in [3.63, 3.8) is 0 Å². The highest BCUT2D eigenvalue weighted by atomic mass is 16.2. The zero-order valence-electron chi connectivity index (χ0n) is 11.6. The molecule has 0 aliphatic heterocycles. The van der Waals surface area contributed by atoms with E-state index in [2.05, 4.69) is 16.9 Å². The lowest BCUT2D eigenvalue weighted by Crippen LogP contribution is -2.39. The van der Waals surface area contributed by atoms with Gasteiger partial charge < -0.3 is 5.32 Å². The topological polar surface area (TPSA) is 44.7 Å². The Bertz CT molecular complexity index is 608. The average Bonchev–Trinajstić information content (AvgIpc) is 2.55. The second-order valence-electron chi connectivity index (χ2n) is 4.26. The number of hydrogen-bond donors (Lipinski definition) is 1. The second kappa shape index (κ2) is 7.65. The lowest BCUT2D eigenvalue weighted by atomic mass is 10.3. The van der Waals surface area contributed by atoms with E-state index in [1.807, 2.05) is 60.7 Å². The lowest BCUT2D eigenvalue weighted by molar-refractivity contribution is 0.250. The van der Waals surface area contributed by atoms with Crippen LogP contribution in [0.25, 0.3) is 0 Å². The summed E-state index contributed by atoms with van der Waals surface area (Å²) in [5.74, 6) is 0. The predicted molar refractivity (Wildman–Crippen MR) is 87.1 cm³/mol. The van der Waals surface area contributed by atoms with Gasteiger partial charge in [-0.2, -0.15) is 0 Å². The molecule has 0 aliphatic carbocycles. The van der Waals surface area contributed by atoms with Gasteiger partial charge in [-0.25, -0.2) is 9.79 Å². The summed E-state index contributed by atoms with van der Waals surface area (Å²) in [5, 5.41) is 2.74. The zero-order valence-corrected chi connectivity index (χ0v) is 11.6. The third kappa shape index (κ3) is 4.31. The van der Waals surface area contributed by atoms with Gasteiger partial charge in [0, 0.05) is 6.54 Å². The van der Waals surface area contributed by atoms with Crippen molar-refractivity contribution in [1.82, 2.24) is 5.32 Å². The molecule has 0 spiro atoms. The predicted octanol–water partition coefficient (Wildman–Crippen LogP) is 3.75. The summed E-state index contributed by atoms with van der Waals surface area (Å²) < 4.78 is 0. The Morgan fingerprint density at radius 3 is 2.33 bits per heavy atom. The number of hydrogen-bond acceptors (Lipinski definition) is 2. The zero-order chi connectivity index (χ0) is 14.9. The molecule has 0 heterocycles. The lowest BCUT2D eigenvalue weighted by Gasteiger charge is -2.17. The van der Waals surface area contributed by atoms with Crippen LogP contribution in [0.3, 0.4) is 0 Å². The van der Waals surface area contributed by atoms with Crippen LogP contribution in [0, 0.1) is 0 Å². The van der Waals surface area contributed by atoms with Crippen LogP contribution in [-0.2, 0) is 0 Å². The van der Waals surface area contributed by atoms with Crippen molar-refractivity contribution in [2.75, 3.05) is 11.4 Å². The maximum Gasteiger partial charge on any atom is 0.327 e. The molecular formula is C17H17N3O. The Morgan fingerprint density at radius 1 is 1.10 bits per heavy atom. The van der Waals surface area contributed by atoms with E-state index >= 15 is 0 Å². The highest BCUT2D eigenvalue weighted by Gasteiger charge is 2.12. The molecule has 4 nitrogen and oxygen atoms in total. The smallest absolute Gasteiger partial charge is 0.327 e. The van der Waals surface area contributed by atoms with E-state index in [4.69, 9.17) is 0 Å². The van der Waals surface area contributed by atoms with Crippen LogP contribution < -0.4 is 10.2 Å². The van der Waals surface area contributed by atoms with Crippen LogP contribution in [0.1, 0.15) is 0 Å². The number of rotatable bonds is 5. The quantitative estimate of drug-likeness (QED) is 0.505. The normalized spacial score (nSPS) is 10.3. The number of benzene rings is 2. The molecule has 0 saturated carbocycles. The van der Waals surface area contributed by atoms with Gasteiger partial charge in [-0.15, -0.1) is 6.58 Å². The van der Waals surface area contributed by atoms with Crippen LogP contribution in [0.4, 0.5) is 16.2 Å². The minimum absolute atomic E-state index is 0.249. The fourth-order valence-corrected chi connectivity index (χ4v) is 1.71. The van der Waals surface area contributed by atoms with Gasteiger partial charge in [-0.05, 0) is 24.3 Å². The molecule has 4 heteroatoms. The number of carbonyl (C=O) groups excluding carboxylic acids is 1. The summed E-state index contributed by atoms with van der Waals surface area (Å²) in [4.78, 5) is 18.0. The molecule has 0 aromatic heterocycles. The maximum absolute atomic E-state index is 12.2. The number of nitrogens with zero attached hydrogens (tertiary/aromatic N) is 2. The van der Waals surface area contributed by atoms with Gasteiger partial charge in [-0.1, -0.05) is 42.5 Å². The summed E-state index contributed by atoms with van der Waals surface area (Å²) in [7, 11) is 0. The Kier molecular flexibility index (Phi) is 5.29. The summed E-state index contributed by atoms with van der Waals surface area (Å²) in [5.41, 5.74) is 1.54. The molecule has 0 bridgehead atoms. The van der Waals surface area contributed by atoms with E-state index in [-0.39, 0.29) is 6.03 Å². The first kappa shape index (κ1) is 14.5. The second-order valence-corrected chi connectivity index (χ2v) is 4.26. The van der Waals surface area contributed by atoms with E-state index in [1.165, 1.54) is 11.2 Å². The number of nitrogens with one attached hydrogen (secondary N) is 1. The highest BCUT2D eigenvalue weighted by Crippen LogP contribution is 2.14. The fraction of sp³-hybridized carbons (Fsp3) is 0.0588. The van der Waals surface area contributed by atoms with Crippen LogP contribution in [0.15, 0.2) is 78.3 Å². The van der Waals surface area contributed by atoms with Crippen molar-refractivity contribution in [3.8, 4) is 0 Å². The van der Waals surface area contributed by atoms with Crippen LogP contribution in [-0.4, -0.2) is 18.9 Å². The SMILES string of the molecule is C=CCNC(=O)N(C=Nc1ccccc1)c1ccccc1. The summed E-state index contributed by atoms with van der Waals surface area (Å²) in [6.45, 7) is 4.00. The largest absolute Gasteiger partial charge is 0.334 e. The maximum atomic E-state index is 12.2. The van der Waals surface area contributed by atoms with Crippen molar-refractivity contribution in [2.45, 2.75) is 0 Å².